The Bertz CT molecular complexity index is 666. The molecule has 0 aliphatic carbocycles. The number of amides is 1. The molecule has 0 saturated carbocycles. The second-order valence-electron chi connectivity index (χ2n) is 6.00. The van der Waals surface area contributed by atoms with E-state index in [1.807, 2.05) is 18.2 Å². The molecule has 2 aromatic rings. The summed E-state index contributed by atoms with van der Waals surface area (Å²) >= 11 is 0. The molecule has 1 N–H and O–H groups in total. The highest BCUT2D eigenvalue weighted by Gasteiger charge is 2.22. The third-order valence-electron chi connectivity index (χ3n) is 3.90. The van der Waals surface area contributed by atoms with E-state index in [4.69, 9.17) is 9.47 Å². The van der Waals surface area contributed by atoms with Gasteiger partial charge in [-0.15, -0.1) is 0 Å². The highest BCUT2D eigenvalue weighted by atomic mass is 16.5. The van der Waals surface area contributed by atoms with E-state index in [-0.39, 0.29) is 11.3 Å². The van der Waals surface area contributed by atoms with E-state index < -0.39 is 0 Å². The minimum Gasteiger partial charge on any atom is -0.497 e. The molecule has 2 aromatic carbocycles. The number of methoxy groups -OCH3 is 2. The molecule has 122 valence electrons. The lowest BCUT2D eigenvalue weighted by Gasteiger charge is -2.25. The smallest absolute Gasteiger partial charge is 0.255 e. The first-order chi connectivity index (χ1) is 11.0. The van der Waals surface area contributed by atoms with Crippen LogP contribution in [0.4, 0.5) is 0 Å². The normalized spacial score (nSPS) is 11.0. The summed E-state index contributed by atoms with van der Waals surface area (Å²) in [6.45, 7) is 4.74. The van der Waals surface area contributed by atoms with E-state index >= 15 is 0 Å². The first-order valence-corrected chi connectivity index (χ1v) is 7.53. The molecular weight excluding hydrogens is 290 g/mol. The standard InChI is InChI=1S/C19H23NO3/c1-19(2,14-8-6-5-7-9-14)13-20-18(21)16-11-10-15(22-3)12-17(16)23-4/h5-12H,13H2,1-4H3,(H,20,21). The lowest BCUT2D eigenvalue weighted by Crippen LogP contribution is -2.36. The second-order valence-corrected chi connectivity index (χ2v) is 6.00. The maximum absolute atomic E-state index is 12.5. The summed E-state index contributed by atoms with van der Waals surface area (Å²) in [5, 5.41) is 2.99. The number of rotatable bonds is 6. The second kappa shape index (κ2) is 7.18. The molecule has 23 heavy (non-hydrogen) atoms. The Balaban J connectivity index is 2.11. The molecule has 0 spiro atoms. The van der Waals surface area contributed by atoms with Crippen molar-refractivity contribution in [1.82, 2.24) is 5.32 Å². The van der Waals surface area contributed by atoms with Crippen LogP contribution in [0.3, 0.4) is 0 Å². The quantitative estimate of drug-likeness (QED) is 0.889. The molecule has 0 bridgehead atoms. The molecule has 1 amide bonds. The van der Waals surface area contributed by atoms with Crippen molar-refractivity contribution in [2.24, 2.45) is 0 Å². The summed E-state index contributed by atoms with van der Waals surface area (Å²) in [6.07, 6.45) is 0. The molecule has 0 radical (unpaired) electrons. The van der Waals surface area contributed by atoms with Crippen molar-refractivity contribution >= 4 is 5.91 Å². The number of nitrogens with one attached hydrogen (secondary N) is 1. The predicted molar refractivity (Wildman–Crippen MR) is 91.3 cm³/mol. The molecule has 0 saturated heterocycles. The molecule has 0 fully saturated rings. The average Bonchev–Trinajstić information content (AvgIpc) is 2.59. The third kappa shape index (κ3) is 4.03. The zero-order chi connectivity index (χ0) is 16.9. The maximum Gasteiger partial charge on any atom is 0.255 e. The Morgan fingerprint density at radius 3 is 2.35 bits per heavy atom. The summed E-state index contributed by atoms with van der Waals surface area (Å²) in [5.41, 5.74) is 1.52. The van der Waals surface area contributed by atoms with Crippen molar-refractivity contribution in [3.05, 3.63) is 59.7 Å². The Morgan fingerprint density at radius 2 is 1.74 bits per heavy atom. The Kier molecular flexibility index (Phi) is 5.27. The Hall–Kier alpha value is -2.49. The summed E-state index contributed by atoms with van der Waals surface area (Å²) < 4.78 is 10.4. The highest BCUT2D eigenvalue weighted by Crippen LogP contribution is 2.25. The lowest BCUT2D eigenvalue weighted by atomic mass is 9.84. The number of hydrogen-bond donors (Lipinski definition) is 1. The summed E-state index contributed by atoms with van der Waals surface area (Å²) in [5.74, 6) is 0.996. The minimum atomic E-state index is -0.159. The molecular formula is C19H23NO3. The van der Waals surface area contributed by atoms with Gasteiger partial charge in [0.15, 0.2) is 0 Å². The minimum absolute atomic E-state index is 0.156. The van der Waals surface area contributed by atoms with Gasteiger partial charge in [-0.2, -0.15) is 0 Å². The van der Waals surface area contributed by atoms with Crippen molar-refractivity contribution < 1.29 is 14.3 Å². The fourth-order valence-corrected chi connectivity index (χ4v) is 2.37. The molecule has 0 aliphatic heterocycles. The van der Waals surface area contributed by atoms with Crippen LogP contribution < -0.4 is 14.8 Å². The predicted octanol–water partition coefficient (Wildman–Crippen LogP) is 3.41. The van der Waals surface area contributed by atoms with Gasteiger partial charge < -0.3 is 14.8 Å². The van der Waals surface area contributed by atoms with Crippen LogP contribution in [0.15, 0.2) is 48.5 Å². The van der Waals surface area contributed by atoms with E-state index in [9.17, 15) is 4.79 Å². The number of hydrogen-bond acceptors (Lipinski definition) is 3. The monoisotopic (exact) mass is 313 g/mol. The molecule has 0 aromatic heterocycles. The zero-order valence-electron chi connectivity index (χ0n) is 14.1. The SMILES string of the molecule is COc1ccc(C(=O)NCC(C)(C)c2ccccc2)c(OC)c1. The van der Waals surface area contributed by atoms with Gasteiger partial charge in [-0.1, -0.05) is 44.2 Å². The average molecular weight is 313 g/mol. The first-order valence-electron chi connectivity index (χ1n) is 7.53. The van der Waals surface area contributed by atoms with Crippen LogP contribution in [0, 0.1) is 0 Å². The summed E-state index contributed by atoms with van der Waals surface area (Å²) in [6, 6.07) is 15.3. The van der Waals surface area contributed by atoms with Crippen molar-refractivity contribution in [2.45, 2.75) is 19.3 Å². The molecule has 0 unspecified atom stereocenters. The molecule has 4 heteroatoms. The van der Waals surface area contributed by atoms with Crippen LogP contribution in [0.5, 0.6) is 11.5 Å². The van der Waals surface area contributed by atoms with Crippen LogP contribution in [0.25, 0.3) is 0 Å². The van der Waals surface area contributed by atoms with Gasteiger partial charge in [-0.25, -0.2) is 0 Å². The van der Waals surface area contributed by atoms with Gasteiger partial charge in [0.1, 0.15) is 11.5 Å². The van der Waals surface area contributed by atoms with E-state index in [1.54, 1.807) is 32.4 Å². The topological polar surface area (TPSA) is 47.6 Å². The number of carbonyl (C=O) groups excluding carboxylic acids is 1. The molecule has 2 rings (SSSR count). The van der Waals surface area contributed by atoms with Gasteiger partial charge in [0.2, 0.25) is 0 Å². The van der Waals surface area contributed by atoms with E-state index in [2.05, 4.69) is 31.3 Å². The number of ether oxygens (including phenoxy) is 2. The largest absolute Gasteiger partial charge is 0.497 e. The molecule has 4 nitrogen and oxygen atoms in total. The highest BCUT2D eigenvalue weighted by molar-refractivity contribution is 5.97. The van der Waals surface area contributed by atoms with Crippen LogP contribution in [-0.4, -0.2) is 26.7 Å². The van der Waals surface area contributed by atoms with Gasteiger partial charge in [0.25, 0.3) is 5.91 Å². The Labute approximate surface area is 137 Å². The zero-order valence-corrected chi connectivity index (χ0v) is 14.1. The van der Waals surface area contributed by atoms with Gasteiger partial charge in [0, 0.05) is 18.0 Å². The number of carbonyl (C=O) groups is 1. The van der Waals surface area contributed by atoms with E-state index in [0.717, 1.165) is 0 Å². The summed E-state index contributed by atoms with van der Waals surface area (Å²) in [4.78, 5) is 12.5. The van der Waals surface area contributed by atoms with Crippen molar-refractivity contribution in [1.29, 1.82) is 0 Å². The van der Waals surface area contributed by atoms with Gasteiger partial charge in [-0.05, 0) is 17.7 Å². The van der Waals surface area contributed by atoms with Crippen molar-refractivity contribution in [2.75, 3.05) is 20.8 Å². The van der Waals surface area contributed by atoms with Crippen LogP contribution >= 0.6 is 0 Å². The fraction of sp³-hybridized carbons (Fsp3) is 0.316. The molecule has 0 aliphatic rings. The van der Waals surface area contributed by atoms with Gasteiger partial charge >= 0.3 is 0 Å². The van der Waals surface area contributed by atoms with Crippen molar-refractivity contribution in [3.63, 3.8) is 0 Å². The summed E-state index contributed by atoms with van der Waals surface area (Å²) in [7, 11) is 3.12. The van der Waals surface area contributed by atoms with E-state index in [0.29, 0.717) is 23.6 Å². The number of benzene rings is 2. The first kappa shape index (κ1) is 16.9. The van der Waals surface area contributed by atoms with Gasteiger partial charge in [0.05, 0.1) is 19.8 Å². The molecule has 0 heterocycles. The van der Waals surface area contributed by atoms with Crippen LogP contribution in [-0.2, 0) is 5.41 Å². The maximum atomic E-state index is 12.5. The van der Waals surface area contributed by atoms with Crippen molar-refractivity contribution in [3.8, 4) is 11.5 Å². The molecule has 0 atom stereocenters. The fourth-order valence-electron chi connectivity index (χ4n) is 2.37. The van der Waals surface area contributed by atoms with E-state index in [1.165, 1.54) is 5.56 Å². The van der Waals surface area contributed by atoms with Crippen LogP contribution in [0.2, 0.25) is 0 Å². The Morgan fingerprint density at radius 1 is 1.04 bits per heavy atom. The lowest BCUT2D eigenvalue weighted by molar-refractivity contribution is 0.0942. The van der Waals surface area contributed by atoms with Gasteiger partial charge in [-0.3, -0.25) is 4.79 Å². The third-order valence-corrected chi connectivity index (χ3v) is 3.90. The van der Waals surface area contributed by atoms with Crippen LogP contribution in [0.1, 0.15) is 29.8 Å².